The lowest BCUT2D eigenvalue weighted by atomic mass is 10.1. The first kappa shape index (κ1) is 25.8. The van der Waals surface area contributed by atoms with Gasteiger partial charge in [0.15, 0.2) is 15.8 Å². The zero-order valence-electron chi connectivity index (χ0n) is 17.0. The van der Waals surface area contributed by atoms with Crippen LogP contribution in [0.5, 0.6) is 0 Å². The number of rotatable bonds is 7. The second kappa shape index (κ2) is 11.8. The summed E-state index contributed by atoms with van der Waals surface area (Å²) < 4.78 is 36.6. The highest BCUT2D eigenvalue weighted by molar-refractivity contribution is 14.0. The fourth-order valence-electron chi connectivity index (χ4n) is 2.67. The number of benzene rings is 2. The van der Waals surface area contributed by atoms with Crippen LogP contribution in [0.1, 0.15) is 18.1 Å². The van der Waals surface area contributed by atoms with Crippen LogP contribution in [0.25, 0.3) is 0 Å². The van der Waals surface area contributed by atoms with E-state index in [2.05, 4.69) is 20.9 Å². The molecule has 0 saturated heterocycles. The van der Waals surface area contributed by atoms with E-state index in [4.69, 9.17) is 0 Å². The van der Waals surface area contributed by atoms with Crippen molar-refractivity contribution >= 4 is 51.4 Å². The third-order valence-electron chi connectivity index (χ3n) is 3.93. The Kier molecular flexibility index (Phi) is 10.2. The molecular formula is C20H26FIN4O3S. The van der Waals surface area contributed by atoms with Crippen molar-refractivity contribution < 1.29 is 17.6 Å². The second-order valence-electron chi connectivity index (χ2n) is 6.48. The van der Waals surface area contributed by atoms with Gasteiger partial charge in [-0.2, -0.15) is 0 Å². The second-order valence-corrected chi connectivity index (χ2v) is 8.46. The molecule has 2 rings (SSSR count). The first-order valence-corrected chi connectivity index (χ1v) is 11.0. The van der Waals surface area contributed by atoms with Crippen molar-refractivity contribution in [3.8, 4) is 0 Å². The van der Waals surface area contributed by atoms with Crippen LogP contribution in [0, 0.1) is 12.7 Å². The summed E-state index contributed by atoms with van der Waals surface area (Å²) in [4.78, 5) is 16.8. The minimum absolute atomic E-state index is 0. The molecule has 0 bridgehead atoms. The summed E-state index contributed by atoms with van der Waals surface area (Å²) in [7, 11) is -3.27. The van der Waals surface area contributed by atoms with Crippen LogP contribution in [-0.2, 0) is 21.2 Å². The summed E-state index contributed by atoms with van der Waals surface area (Å²) in [6, 6.07) is 10.7. The number of halogens is 2. The molecule has 0 atom stereocenters. The molecule has 0 aliphatic heterocycles. The summed E-state index contributed by atoms with van der Waals surface area (Å²) >= 11 is 0. The monoisotopic (exact) mass is 548 g/mol. The number of anilines is 1. The maximum Gasteiger partial charge on any atom is 0.243 e. The van der Waals surface area contributed by atoms with E-state index in [1.54, 1.807) is 31.2 Å². The zero-order chi connectivity index (χ0) is 21.4. The number of nitrogens with one attached hydrogen (secondary N) is 3. The standard InChI is InChI=1S/C20H25FN4O3S.HI/c1-4-22-20(24-13-19(26)25-17-7-5-6-16(21)11-17)23-12-15-8-9-18(14(2)10-15)29(3,27)28;/h5-11H,4,12-13H2,1-3H3,(H,25,26)(H2,22,23,24);1H. The predicted octanol–water partition coefficient (Wildman–Crippen LogP) is 2.85. The Morgan fingerprint density at radius 2 is 1.87 bits per heavy atom. The van der Waals surface area contributed by atoms with Gasteiger partial charge >= 0.3 is 0 Å². The average Bonchev–Trinajstić information content (AvgIpc) is 2.63. The quantitative estimate of drug-likeness (QED) is 0.281. The predicted molar refractivity (Wildman–Crippen MR) is 128 cm³/mol. The van der Waals surface area contributed by atoms with Gasteiger partial charge in [-0.15, -0.1) is 24.0 Å². The molecule has 0 saturated carbocycles. The maximum absolute atomic E-state index is 13.2. The van der Waals surface area contributed by atoms with Crippen LogP contribution in [0.3, 0.4) is 0 Å². The van der Waals surface area contributed by atoms with E-state index in [1.807, 2.05) is 6.92 Å². The van der Waals surface area contributed by atoms with Gasteiger partial charge in [-0.25, -0.2) is 17.8 Å². The van der Waals surface area contributed by atoms with Crippen LogP contribution in [0.2, 0.25) is 0 Å². The Hall–Kier alpha value is -2.21. The molecule has 0 aliphatic rings. The molecule has 3 N–H and O–H groups in total. The molecule has 0 unspecified atom stereocenters. The molecule has 0 spiro atoms. The van der Waals surface area contributed by atoms with Gasteiger partial charge in [-0.05, 0) is 49.2 Å². The van der Waals surface area contributed by atoms with Crippen LogP contribution >= 0.6 is 24.0 Å². The normalized spacial score (nSPS) is 11.4. The Morgan fingerprint density at radius 3 is 2.47 bits per heavy atom. The Bertz CT molecular complexity index is 1010. The van der Waals surface area contributed by atoms with Crippen LogP contribution in [0.15, 0.2) is 52.4 Å². The summed E-state index contributed by atoms with van der Waals surface area (Å²) in [5.41, 5.74) is 1.88. The van der Waals surface area contributed by atoms with E-state index in [-0.39, 0.29) is 36.4 Å². The number of nitrogens with zero attached hydrogens (tertiary/aromatic N) is 1. The van der Waals surface area contributed by atoms with Gasteiger partial charge in [0.05, 0.1) is 18.0 Å². The number of carbonyl (C=O) groups excluding carboxylic acids is 1. The smallest absolute Gasteiger partial charge is 0.243 e. The topological polar surface area (TPSA) is 99.7 Å². The van der Waals surface area contributed by atoms with Crippen molar-refractivity contribution in [3.63, 3.8) is 0 Å². The lowest BCUT2D eigenvalue weighted by Gasteiger charge is -2.12. The molecule has 0 heterocycles. The van der Waals surface area contributed by atoms with Gasteiger partial charge < -0.3 is 16.0 Å². The number of amides is 1. The van der Waals surface area contributed by atoms with E-state index in [9.17, 15) is 17.6 Å². The van der Waals surface area contributed by atoms with E-state index >= 15 is 0 Å². The number of carbonyl (C=O) groups is 1. The lowest BCUT2D eigenvalue weighted by Crippen LogP contribution is -2.41. The van der Waals surface area contributed by atoms with Crippen LogP contribution in [0.4, 0.5) is 10.1 Å². The first-order chi connectivity index (χ1) is 13.7. The van der Waals surface area contributed by atoms with Crippen LogP contribution in [-0.4, -0.2) is 39.6 Å². The minimum Gasteiger partial charge on any atom is -0.357 e. The Labute approximate surface area is 193 Å². The SMILES string of the molecule is CCNC(=NCc1ccc(S(C)(=O)=O)c(C)c1)NCC(=O)Nc1cccc(F)c1.I. The average molecular weight is 548 g/mol. The molecule has 0 aliphatic carbocycles. The Balaban J connectivity index is 0.00000450. The summed E-state index contributed by atoms with van der Waals surface area (Å²) in [5, 5.41) is 8.55. The fraction of sp³-hybridized carbons (Fsp3) is 0.300. The van der Waals surface area contributed by atoms with Gasteiger partial charge in [0.1, 0.15) is 5.82 Å². The number of aliphatic imine (C=N–C) groups is 1. The number of hydrogen-bond acceptors (Lipinski definition) is 4. The van der Waals surface area contributed by atoms with Crippen molar-refractivity contribution in [1.29, 1.82) is 0 Å². The first-order valence-electron chi connectivity index (χ1n) is 9.06. The fourth-order valence-corrected chi connectivity index (χ4v) is 3.63. The molecule has 2 aromatic rings. The number of hydrogen-bond donors (Lipinski definition) is 3. The van der Waals surface area contributed by atoms with Crippen molar-refractivity contribution in [2.75, 3.05) is 24.7 Å². The minimum atomic E-state index is -3.27. The van der Waals surface area contributed by atoms with Gasteiger partial charge in [0.2, 0.25) is 5.91 Å². The molecule has 0 aromatic heterocycles. The summed E-state index contributed by atoms with van der Waals surface area (Å²) in [6.45, 7) is 4.50. The van der Waals surface area contributed by atoms with E-state index < -0.39 is 15.7 Å². The molecular weight excluding hydrogens is 522 g/mol. The van der Waals surface area contributed by atoms with Crippen molar-refractivity contribution in [3.05, 3.63) is 59.4 Å². The van der Waals surface area contributed by atoms with Crippen molar-refractivity contribution in [2.24, 2.45) is 4.99 Å². The number of guanidine groups is 1. The molecule has 7 nitrogen and oxygen atoms in total. The molecule has 1 amide bonds. The third-order valence-corrected chi connectivity index (χ3v) is 5.18. The van der Waals surface area contributed by atoms with Gasteiger partial charge in [0.25, 0.3) is 0 Å². The molecule has 30 heavy (non-hydrogen) atoms. The number of aryl methyl sites for hydroxylation is 1. The summed E-state index contributed by atoms with van der Waals surface area (Å²) in [6.07, 6.45) is 1.18. The third kappa shape index (κ3) is 8.27. The van der Waals surface area contributed by atoms with E-state index in [1.165, 1.54) is 24.5 Å². The van der Waals surface area contributed by atoms with Crippen molar-refractivity contribution in [2.45, 2.75) is 25.3 Å². The van der Waals surface area contributed by atoms with Crippen molar-refractivity contribution in [1.82, 2.24) is 10.6 Å². The summed E-state index contributed by atoms with van der Waals surface area (Å²) in [5.74, 6) is -0.330. The zero-order valence-corrected chi connectivity index (χ0v) is 20.2. The lowest BCUT2D eigenvalue weighted by molar-refractivity contribution is -0.115. The molecule has 2 aromatic carbocycles. The van der Waals surface area contributed by atoms with E-state index in [0.717, 1.165) is 5.56 Å². The molecule has 0 radical (unpaired) electrons. The highest BCUT2D eigenvalue weighted by Gasteiger charge is 2.11. The highest BCUT2D eigenvalue weighted by atomic mass is 127. The largest absolute Gasteiger partial charge is 0.357 e. The van der Waals surface area contributed by atoms with Gasteiger partial charge in [-0.3, -0.25) is 4.79 Å². The van der Waals surface area contributed by atoms with Crippen LogP contribution < -0.4 is 16.0 Å². The van der Waals surface area contributed by atoms with Gasteiger partial charge in [-0.1, -0.05) is 18.2 Å². The molecule has 164 valence electrons. The molecule has 0 fully saturated rings. The number of sulfone groups is 1. The maximum atomic E-state index is 13.2. The highest BCUT2D eigenvalue weighted by Crippen LogP contribution is 2.17. The molecule has 10 heteroatoms. The van der Waals surface area contributed by atoms with E-state index in [0.29, 0.717) is 35.2 Å². The van der Waals surface area contributed by atoms with Gasteiger partial charge in [0, 0.05) is 18.5 Å². The Morgan fingerprint density at radius 1 is 1.13 bits per heavy atom.